The lowest BCUT2D eigenvalue weighted by Crippen LogP contribution is -2.49. The van der Waals surface area contributed by atoms with E-state index in [0.717, 1.165) is 31.9 Å². The lowest BCUT2D eigenvalue weighted by molar-refractivity contribution is 0.308. The van der Waals surface area contributed by atoms with Crippen molar-refractivity contribution in [1.29, 1.82) is 5.41 Å². The lowest BCUT2D eigenvalue weighted by atomic mass is 10.2. The zero-order valence-corrected chi connectivity index (χ0v) is 14.4. The fourth-order valence-corrected chi connectivity index (χ4v) is 2.90. The Hall–Kier alpha value is -2.51. The molecule has 25 heavy (non-hydrogen) atoms. The third-order valence-corrected chi connectivity index (χ3v) is 4.33. The van der Waals surface area contributed by atoms with Crippen molar-refractivity contribution in [2.45, 2.75) is 0 Å². The molecule has 1 aliphatic heterocycles. The highest BCUT2D eigenvalue weighted by molar-refractivity contribution is 6.32. The minimum Gasteiger partial charge on any atom is -0.438 e. The zero-order valence-electron chi connectivity index (χ0n) is 13.7. The Labute approximate surface area is 151 Å². The Kier molecular flexibility index (Phi) is 5.25. The van der Waals surface area contributed by atoms with E-state index in [1.165, 1.54) is 6.20 Å². The van der Waals surface area contributed by atoms with Gasteiger partial charge in [-0.05, 0) is 30.3 Å². The smallest absolute Gasteiger partial charge is 0.238 e. The first-order chi connectivity index (χ1) is 12.1. The number of anilines is 2. The number of pyridine rings is 1. The lowest BCUT2D eigenvalue weighted by Gasteiger charge is -2.37. The van der Waals surface area contributed by atoms with Gasteiger partial charge in [0.25, 0.3) is 0 Å². The number of rotatable bonds is 4. The van der Waals surface area contributed by atoms with Crippen molar-refractivity contribution in [3.8, 4) is 11.6 Å². The number of benzene rings is 1. The van der Waals surface area contributed by atoms with E-state index >= 15 is 0 Å². The molecule has 0 unspecified atom stereocenters. The van der Waals surface area contributed by atoms with Crippen molar-refractivity contribution in [1.82, 2.24) is 9.88 Å². The second-order valence-electron chi connectivity index (χ2n) is 5.73. The van der Waals surface area contributed by atoms with Crippen LogP contribution in [-0.4, -0.2) is 53.6 Å². The molecular formula is C17H20ClN5O2. The van der Waals surface area contributed by atoms with Gasteiger partial charge in [0.15, 0.2) is 0 Å². The Morgan fingerprint density at radius 2 is 1.92 bits per heavy atom. The van der Waals surface area contributed by atoms with Gasteiger partial charge in [-0.3, -0.25) is 5.41 Å². The van der Waals surface area contributed by atoms with E-state index < -0.39 is 0 Å². The summed E-state index contributed by atoms with van der Waals surface area (Å²) < 4.78 is 5.69. The van der Waals surface area contributed by atoms with Crippen LogP contribution in [-0.2, 0) is 0 Å². The molecule has 0 bridgehead atoms. The standard InChI is InChI=1S/C17H20ClN5O2/c18-15-9-12(19)10-21-17(15)25-14-3-1-13(2-4-14)22-5-7-23(8-6-22)16(20)11-24/h1-4,9-10,20,24H,5-8,11,19H2. The van der Waals surface area contributed by atoms with Crippen LogP contribution in [0.4, 0.5) is 11.4 Å². The molecule has 0 radical (unpaired) electrons. The minimum absolute atomic E-state index is 0.215. The van der Waals surface area contributed by atoms with Gasteiger partial charge in [0.1, 0.15) is 23.2 Å². The number of hydrogen-bond acceptors (Lipinski definition) is 6. The quantitative estimate of drug-likeness (QED) is 0.570. The normalized spacial score (nSPS) is 14.5. The summed E-state index contributed by atoms with van der Waals surface area (Å²) in [4.78, 5) is 8.21. The van der Waals surface area contributed by atoms with Gasteiger partial charge in [0, 0.05) is 31.9 Å². The van der Waals surface area contributed by atoms with Gasteiger partial charge in [0.2, 0.25) is 5.88 Å². The predicted octanol–water partition coefficient (Wildman–Crippen LogP) is 2.20. The molecule has 0 spiro atoms. The van der Waals surface area contributed by atoms with Crippen LogP contribution in [0.2, 0.25) is 5.02 Å². The molecule has 3 rings (SSSR count). The number of aromatic nitrogens is 1. The van der Waals surface area contributed by atoms with Crippen LogP contribution in [0, 0.1) is 5.41 Å². The largest absolute Gasteiger partial charge is 0.438 e. The predicted molar refractivity (Wildman–Crippen MR) is 98.8 cm³/mol. The molecular weight excluding hydrogens is 342 g/mol. The van der Waals surface area contributed by atoms with E-state index in [1.54, 1.807) is 6.07 Å². The van der Waals surface area contributed by atoms with Gasteiger partial charge in [-0.1, -0.05) is 11.6 Å². The third-order valence-electron chi connectivity index (χ3n) is 4.06. The number of nitrogens with one attached hydrogen (secondary N) is 1. The first-order valence-electron chi connectivity index (χ1n) is 7.94. The van der Waals surface area contributed by atoms with Crippen LogP contribution < -0.4 is 15.4 Å². The Morgan fingerprint density at radius 3 is 2.52 bits per heavy atom. The molecule has 2 aromatic rings. The molecule has 0 aliphatic carbocycles. The second-order valence-corrected chi connectivity index (χ2v) is 6.14. The molecule has 1 fully saturated rings. The molecule has 0 saturated carbocycles. The zero-order chi connectivity index (χ0) is 17.8. The van der Waals surface area contributed by atoms with Crippen LogP contribution in [0.5, 0.6) is 11.6 Å². The number of hydrogen-bond donors (Lipinski definition) is 3. The third kappa shape index (κ3) is 4.12. The molecule has 4 N–H and O–H groups in total. The number of ether oxygens (including phenoxy) is 1. The summed E-state index contributed by atoms with van der Waals surface area (Å²) in [6.07, 6.45) is 1.50. The first-order valence-corrected chi connectivity index (χ1v) is 8.31. The highest BCUT2D eigenvalue weighted by atomic mass is 35.5. The number of nitrogens with two attached hydrogens (primary N) is 1. The van der Waals surface area contributed by atoms with Crippen LogP contribution in [0.25, 0.3) is 0 Å². The van der Waals surface area contributed by atoms with Gasteiger partial charge < -0.3 is 25.4 Å². The highest BCUT2D eigenvalue weighted by Crippen LogP contribution is 2.29. The SMILES string of the molecule is N=C(CO)N1CCN(c2ccc(Oc3ncc(N)cc3Cl)cc2)CC1. The molecule has 1 aromatic carbocycles. The number of nitrogens with zero attached hydrogens (tertiary/aromatic N) is 3. The van der Waals surface area contributed by atoms with E-state index in [-0.39, 0.29) is 12.4 Å². The maximum absolute atomic E-state index is 9.04. The van der Waals surface area contributed by atoms with Crippen LogP contribution in [0.3, 0.4) is 0 Å². The number of aliphatic hydroxyl groups excluding tert-OH is 1. The molecule has 8 heteroatoms. The van der Waals surface area contributed by atoms with E-state index in [2.05, 4.69) is 9.88 Å². The molecule has 0 atom stereocenters. The van der Waals surface area contributed by atoms with Crippen molar-refractivity contribution < 1.29 is 9.84 Å². The molecule has 1 saturated heterocycles. The average molecular weight is 362 g/mol. The molecule has 7 nitrogen and oxygen atoms in total. The van der Waals surface area contributed by atoms with E-state index in [1.807, 2.05) is 29.2 Å². The van der Waals surface area contributed by atoms with Gasteiger partial charge in [0.05, 0.1) is 11.9 Å². The fourth-order valence-electron chi connectivity index (χ4n) is 2.69. The van der Waals surface area contributed by atoms with Crippen molar-refractivity contribution in [3.05, 3.63) is 41.6 Å². The van der Waals surface area contributed by atoms with Gasteiger partial charge in [-0.2, -0.15) is 0 Å². The van der Waals surface area contributed by atoms with E-state index in [9.17, 15) is 0 Å². The summed E-state index contributed by atoms with van der Waals surface area (Å²) in [6.45, 7) is 2.83. The van der Waals surface area contributed by atoms with Crippen LogP contribution >= 0.6 is 11.6 Å². The Morgan fingerprint density at radius 1 is 1.24 bits per heavy atom. The average Bonchev–Trinajstić information content (AvgIpc) is 2.64. The fraction of sp³-hybridized carbons (Fsp3) is 0.294. The molecule has 1 aliphatic rings. The number of nitrogen functional groups attached to an aromatic ring is 1. The second kappa shape index (κ2) is 7.58. The van der Waals surface area contributed by atoms with Crippen molar-refractivity contribution in [2.75, 3.05) is 43.4 Å². The van der Waals surface area contributed by atoms with Crippen LogP contribution in [0.1, 0.15) is 0 Å². The Bertz CT molecular complexity index is 745. The number of aliphatic hydroxyl groups is 1. The number of halogens is 1. The van der Waals surface area contributed by atoms with Crippen molar-refractivity contribution >= 4 is 28.8 Å². The van der Waals surface area contributed by atoms with Crippen molar-refractivity contribution in [3.63, 3.8) is 0 Å². The van der Waals surface area contributed by atoms with Gasteiger partial charge in [-0.15, -0.1) is 0 Å². The van der Waals surface area contributed by atoms with E-state index in [0.29, 0.717) is 22.3 Å². The summed E-state index contributed by atoms with van der Waals surface area (Å²) in [5.74, 6) is 1.24. The summed E-state index contributed by atoms with van der Waals surface area (Å²) in [5, 5.41) is 17.1. The maximum atomic E-state index is 9.04. The molecule has 1 aromatic heterocycles. The highest BCUT2D eigenvalue weighted by Gasteiger charge is 2.18. The molecule has 0 amide bonds. The van der Waals surface area contributed by atoms with Gasteiger partial charge in [-0.25, -0.2) is 4.98 Å². The molecule has 132 valence electrons. The number of amidine groups is 1. The summed E-state index contributed by atoms with van der Waals surface area (Å²) >= 11 is 6.07. The van der Waals surface area contributed by atoms with Gasteiger partial charge >= 0.3 is 0 Å². The summed E-state index contributed by atoms with van der Waals surface area (Å²) in [5.41, 5.74) is 7.19. The molecule has 2 heterocycles. The maximum Gasteiger partial charge on any atom is 0.238 e. The first kappa shape index (κ1) is 17.3. The summed E-state index contributed by atoms with van der Waals surface area (Å²) in [7, 11) is 0. The minimum atomic E-state index is -0.215. The Balaban J connectivity index is 1.62. The monoisotopic (exact) mass is 361 g/mol. The summed E-state index contributed by atoms with van der Waals surface area (Å²) in [6, 6.07) is 9.29. The van der Waals surface area contributed by atoms with Crippen molar-refractivity contribution in [2.24, 2.45) is 0 Å². The van der Waals surface area contributed by atoms with Crippen LogP contribution in [0.15, 0.2) is 36.5 Å². The topological polar surface area (TPSA) is 98.7 Å². The van der Waals surface area contributed by atoms with E-state index in [4.69, 9.17) is 32.6 Å². The number of piperazine rings is 1.